The minimum Gasteiger partial charge on any atom is -0.491 e. The van der Waals surface area contributed by atoms with E-state index < -0.39 is 0 Å². The molecule has 2 saturated heterocycles. The maximum absolute atomic E-state index is 12.6. The van der Waals surface area contributed by atoms with Gasteiger partial charge < -0.3 is 14.8 Å². The molecule has 0 saturated carbocycles. The molecule has 2 fully saturated rings. The van der Waals surface area contributed by atoms with E-state index in [0.29, 0.717) is 35.2 Å². The lowest BCUT2D eigenvalue weighted by Crippen LogP contribution is -2.50. The molecule has 0 aliphatic carbocycles. The summed E-state index contributed by atoms with van der Waals surface area (Å²) in [6.07, 6.45) is 4.41. The van der Waals surface area contributed by atoms with E-state index in [1.807, 2.05) is 5.38 Å². The van der Waals surface area contributed by atoms with E-state index in [2.05, 4.69) is 36.2 Å². The van der Waals surface area contributed by atoms with Crippen molar-refractivity contribution in [3.8, 4) is 5.75 Å². The highest BCUT2D eigenvalue weighted by Gasteiger charge is 2.41. The molecule has 5 nitrogen and oxygen atoms in total. The van der Waals surface area contributed by atoms with Crippen molar-refractivity contribution in [2.45, 2.75) is 64.2 Å². The zero-order chi connectivity index (χ0) is 22.0. The predicted octanol–water partition coefficient (Wildman–Crippen LogP) is 4.97. The number of halogens is 1. The second kappa shape index (κ2) is 9.90. The molecule has 2 aliphatic rings. The molecule has 0 radical (unpaired) electrons. The molecule has 4 rings (SSSR count). The van der Waals surface area contributed by atoms with Crippen molar-refractivity contribution in [2.75, 3.05) is 20.3 Å². The largest absolute Gasteiger partial charge is 0.491 e. The number of rotatable bonds is 8. The third kappa shape index (κ3) is 4.92. The number of carbonyl (C=O) groups is 1. The zero-order valence-electron chi connectivity index (χ0n) is 18.4. The standard InChI is InChI=1S/C24H31ClN2O3S/c1-15-16(2)22(30-10-9-29-3)7-4-17(15)14-27-19-5-6-20(27)13-18(12-19)26-24(28)23-21(25)8-11-31-23/h4,7-8,11,18-20H,5-6,9-10,12-14H2,1-3H3,(H,26,28). The van der Waals surface area contributed by atoms with E-state index in [1.165, 1.54) is 40.9 Å². The number of piperidine rings is 1. The van der Waals surface area contributed by atoms with Crippen LogP contribution in [0.3, 0.4) is 0 Å². The van der Waals surface area contributed by atoms with E-state index in [1.54, 1.807) is 13.2 Å². The summed E-state index contributed by atoms with van der Waals surface area (Å²) in [5.41, 5.74) is 3.87. The SMILES string of the molecule is COCCOc1ccc(CN2C3CCC2CC(NC(=O)c2sccc2Cl)C3)c(C)c1C. The Labute approximate surface area is 193 Å². The second-order valence-corrected chi connectivity index (χ2v) is 9.93. The fraction of sp³-hybridized carbons (Fsp3) is 0.542. The van der Waals surface area contributed by atoms with Crippen LogP contribution in [0.15, 0.2) is 23.6 Å². The molecule has 2 bridgehead atoms. The molecule has 2 atom stereocenters. The maximum Gasteiger partial charge on any atom is 0.263 e. The summed E-state index contributed by atoms with van der Waals surface area (Å²) in [6, 6.07) is 7.33. The van der Waals surface area contributed by atoms with E-state index in [4.69, 9.17) is 21.1 Å². The van der Waals surface area contributed by atoms with Crippen LogP contribution in [0.2, 0.25) is 5.02 Å². The molecule has 1 aromatic carbocycles. The number of carbonyl (C=O) groups excluding carboxylic acids is 1. The van der Waals surface area contributed by atoms with Gasteiger partial charge in [-0.15, -0.1) is 11.3 Å². The smallest absolute Gasteiger partial charge is 0.263 e. The van der Waals surface area contributed by atoms with Crippen molar-refractivity contribution in [3.05, 3.63) is 50.2 Å². The number of methoxy groups -OCH3 is 1. The highest BCUT2D eigenvalue weighted by atomic mass is 35.5. The van der Waals surface area contributed by atoms with Gasteiger partial charge in [0, 0.05) is 31.8 Å². The fourth-order valence-corrected chi connectivity index (χ4v) is 6.01. The van der Waals surface area contributed by atoms with Crippen LogP contribution in [-0.2, 0) is 11.3 Å². The fourth-order valence-electron chi connectivity index (χ4n) is 4.97. The van der Waals surface area contributed by atoms with Gasteiger partial charge in [-0.3, -0.25) is 9.69 Å². The van der Waals surface area contributed by atoms with Gasteiger partial charge in [0.1, 0.15) is 17.2 Å². The molecule has 1 N–H and O–H groups in total. The first-order chi connectivity index (χ1) is 15.0. The second-order valence-electron chi connectivity index (χ2n) is 8.61. The minimum atomic E-state index is -0.0339. The van der Waals surface area contributed by atoms with Crippen molar-refractivity contribution in [1.29, 1.82) is 0 Å². The van der Waals surface area contributed by atoms with Gasteiger partial charge in [0.2, 0.25) is 0 Å². The molecule has 1 amide bonds. The number of thiophene rings is 1. The van der Waals surface area contributed by atoms with Crippen molar-refractivity contribution < 1.29 is 14.3 Å². The Balaban J connectivity index is 1.38. The summed E-state index contributed by atoms with van der Waals surface area (Å²) in [4.78, 5) is 15.9. The predicted molar refractivity (Wildman–Crippen MR) is 125 cm³/mol. The summed E-state index contributed by atoms with van der Waals surface area (Å²) in [5, 5.41) is 5.64. The summed E-state index contributed by atoms with van der Waals surface area (Å²) in [5.74, 6) is 0.906. The van der Waals surface area contributed by atoms with Gasteiger partial charge in [0.15, 0.2) is 0 Å². The normalized spacial score (nSPS) is 23.2. The number of amides is 1. The Morgan fingerprint density at radius 1 is 1.16 bits per heavy atom. The van der Waals surface area contributed by atoms with Gasteiger partial charge in [-0.25, -0.2) is 0 Å². The van der Waals surface area contributed by atoms with Crippen molar-refractivity contribution in [3.63, 3.8) is 0 Å². The van der Waals surface area contributed by atoms with Crippen LogP contribution in [0.5, 0.6) is 5.75 Å². The first kappa shape index (κ1) is 22.6. The quantitative estimate of drug-likeness (QED) is 0.563. The van der Waals surface area contributed by atoms with Crippen LogP contribution in [0.25, 0.3) is 0 Å². The Hall–Kier alpha value is -1.60. The Morgan fingerprint density at radius 2 is 1.90 bits per heavy atom. The van der Waals surface area contributed by atoms with Gasteiger partial charge >= 0.3 is 0 Å². The number of nitrogens with one attached hydrogen (secondary N) is 1. The Morgan fingerprint density at radius 3 is 2.55 bits per heavy atom. The molecule has 2 aromatic rings. The number of ether oxygens (including phenoxy) is 2. The van der Waals surface area contributed by atoms with Crippen molar-refractivity contribution in [1.82, 2.24) is 10.2 Å². The Bertz CT molecular complexity index is 918. The van der Waals surface area contributed by atoms with Gasteiger partial charge in [0.25, 0.3) is 5.91 Å². The van der Waals surface area contributed by atoms with Crippen LogP contribution >= 0.6 is 22.9 Å². The van der Waals surface area contributed by atoms with Gasteiger partial charge in [-0.05, 0) is 73.7 Å². The molecule has 168 valence electrons. The molecule has 31 heavy (non-hydrogen) atoms. The number of benzene rings is 1. The summed E-state index contributed by atoms with van der Waals surface area (Å²) < 4.78 is 10.9. The summed E-state index contributed by atoms with van der Waals surface area (Å²) in [6.45, 7) is 6.43. The number of nitrogens with zero attached hydrogens (tertiary/aromatic N) is 1. The molecular weight excluding hydrogens is 432 g/mol. The summed E-state index contributed by atoms with van der Waals surface area (Å²) >= 11 is 7.54. The first-order valence-electron chi connectivity index (χ1n) is 11.0. The van der Waals surface area contributed by atoms with Crippen molar-refractivity contribution >= 4 is 28.8 Å². The number of hydrogen-bond acceptors (Lipinski definition) is 5. The number of hydrogen-bond donors (Lipinski definition) is 1. The average Bonchev–Trinajstić information content (AvgIpc) is 3.27. The highest BCUT2D eigenvalue weighted by Crippen LogP contribution is 2.38. The summed E-state index contributed by atoms with van der Waals surface area (Å²) in [7, 11) is 1.69. The van der Waals surface area contributed by atoms with E-state index in [0.717, 1.165) is 25.1 Å². The zero-order valence-corrected chi connectivity index (χ0v) is 20.0. The molecule has 1 aromatic heterocycles. The third-order valence-corrected chi connectivity index (χ3v) is 8.13. The van der Waals surface area contributed by atoms with Crippen molar-refractivity contribution in [2.24, 2.45) is 0 Å². The Kier molecular flexibility index (Phi) is 7.22. The lowest BCUT2D eigenvalue weighted by Gasteiger charge is -2.39. The molecule has 7 heteroatoms. The molecule has 3 heterocycles. The van der Waals surface area contributed by atoms with Crippen LogP contribution in [0.1, 0.15) is 52.0 Å². The average molecular weight is 463 g/mol. The topological polar surface area (TPSA) is 50.8 Å². The maximum atomic E-state index is 12.6. The first-order valence-corrected chi connectivity index (χ1v) is 12.2. The van der Waals surface area contributed by atoms with Crippen LogP contribution in [-0.4, -0.2) is 49.3 Å². The van der Waals surface area contributed by atoms with Crippen LogP contribution in [0.4, 0.5) is 0 Å². The lowest BCUT2D eigenvalue weighted by atomic mass is 9.95. The third-order valence-electron chi connectivity index (χ3n) is 6.79. The van der Waals surface area contributed by atoms with E-state index in [-0.39, 0.29) is 11.9 Å². The van der Waals surface area contributed by atoms with Gasteiger partial charge in [-0.1, -0.05) is 17.7 Å². The van der Waals surface area contributed by atoms with Gasteiger partial charge in [-0.2, -0.15) is 0 Å². The van der Waals surface area contributed by atoms with E-state index in [9.17, 15) is 4.79 Å². The molecule has 2 unspecified atom stereocenters. The van der Waals surface area contributed by atoms with Crippen LogP contribution in [0, 0.1) is 13.8 Å². The minimum absolute atomic E-state index is 0.0339. The lowest BCUT2D eigenvalue weighted by molar-refractivity contribution is 0.0831. The molecule has 2 aliphatic heterocycles. The molecule has 0 spiro atoms. The highest BCUT2D eigenvalue weighted by molar-refractivity contribution is 7.12. The van der Waals surface area contributed by atoms with Gasteiger partial charge in [0.05, 0.1) is 11.6 Å². The number of fused-ring (bicyclic) bond motifs is 2. The molecular formula is C24H31ClN2O3S. The monoisotopic (exact) mass is 462 g/mol. The van der Waals surface area contributed by atoms with E-state index >= 15 is 0 Å². The van der Waals surface area contributed by atoms with Crippen LogP contribution < -0.4 is 10.1 Å².